The lowest BCUT2D eigenvalue weighted by Gasteiger charge is -2.25. The van der Waals surface area contributed by atoms with E-state index in [4.69, 9.17) is 11.6 Å². The van der Waals surface area contributed by atoms with Crippen LogP contribution in [0.4, 0.5) is 5.13 Å². The Morgan fingerprint density at radius 2 is 2.29 bits per heavy atom. The van der Waals surface area contributed by atoms with Gasteiger partial charge in [0.05, 0.1) is 12.3 Å². The van der Waals surface area contributed by atoms with Gasteiger partial charge in [0.25, 0.3) is 0 Å². The van der Waals surface area contributed by atoms with Crippen molar-refractivity contribution in [2.75, 3.05) is 11.9 Å². The summed E-state index contributed by atoms with van der Waals surface area (Å²) < 4.78 is 0.651. The van der Waals surface area contributed by atoms with Crippen molar-refractivity contribution < 1.29 is 5.11 Å². The molecular weight excluding hydrogens is 220 g/mol. The Hall–Kier alpha value is -0.320. The van der Waals surface area contributed by atoms with E-state index in [1.165, 1.54) is 11.3 Å². The largest absolute Gasteiger partial charge is 0.391 e. The molecule has 0 aliphatic heterocycles. The molecule has 1 atom stereocenters. The fraction of sp³-hybridized carbons (Fsp3) is 0.667. The standard InChI is InChI=1S/C9H15ClN2OS/c1-9(2,3)6(13)4-11-8-12-5-7(10)14-8/h5-6,13H,4H2,1-3H3,(H,11,12). The van der Waals surface area contributed by atoms with Crippen molar-refractivity contribution in [3.05, 3.63) is 10.5 Å². The summed E-state index contributed by atoms with van der Waals surface area (Å²) in [6.07, 6.45) is 1.20. The van der Waals surface area contributed by atoms with Gasteiger partial charge in [-0.1, -0.05) is 43.7 Å². The minimum Gasteiger partial charge on any atom is -0.391 e. The molecule has 1 aromatic rings. The number of halogens is 1. The molecule has 2 N–H and O–H groups in total. The number of aliphatic hydroxyl groups is 1. The van der Waals surface area contributed by atoms with Gasteiger partial charge < -0.3 is 10.4 Å². The zero-order valence-electron chi connectivity index (χ0n) is 8.54. The molecule has 0 saturated heterocycles. The van der Waals surface area contributed by atoms with Gasteiger partial charge in [-0.25, -0.2) is 4.98 Å². The minimum atomic E-state index is -0.398. The summed E-state index contributed by atoms with van der Waals surface area (Å²) >= 11 is 7.09. The van der Waals surface area contributed by atoms with Crippen LogP contribution in [0.5, 0.6) is 0 Å². The molecule has 0 spiro atoms. The first-order valence-electron chi connectivity index (χ1n) is 4.43. The molecule has 0 radical (unpaired) electrons. The zero-order valence-corrected chi connectivity index (χ0v) is 10.1. The Kier molecular flexibility index (Phi) is 3.75. The van der Waals surface area contributed by atoms with Crippen molar-refractivity contribution in [1.29, 1.82) is 0 Å². The van der Waals surface area contributed by atoms with E-state index in [2.05, 4.69) is 10.3 Å². The van der Waals surface area contributed by atoms with Gasteiger partial charge in [0.15, 0.2) is 5.13 Å². The minimum absolute atomic E-state index is 0.117. The van der Waals surface area contributed by atoms with E-state index in [0.29, 0.717) is 10.9 Å². The number of aliphatic hydroxyl groups excluding tert-OH is 1. The highest BCUT2D eigenvalue weighted by atomic mass is 35.5. The molecule has 0 bridgehead atoms. The molecular formula is C9H15ClN2OS. The van der Waals surface area contributed by atoms with Crippen molar-refractivity contribution in [2.24, 2.45) is 5.41 Å². The maximum Gasteiger partial charge on any atom is 0.184 e. The number of nitrogens with zero attached hydrogens (tertiary/aromatic N) is 1. The molecule has 0 aliphatic rings. The Bertz CT molecular complexity index is 295. The van der Waals surface area contributed by atoms with Crippen molar-refractivity contribution in [3.8, 4) is 0 Å². The second kappa shape index (κ2) is 4.47. The molecule has 0 aromatic carbocycles. The molecule has 1 heterocycles. The number of aromatic nitrogens is 1. The molecule has 0 saturated carbocycles. The number of thiazole rings is 1. The van der Waals surface area contributed by atoms with Crippen LogP contribution in [-0.2, 0) is 0 Å². The average Bonchev–Trinajstić information content (AvgIpc) is 2.45. The predicted molar refractivity (Wildman–Crippen MR) is 61.1 cm³/mol. The van der Waals surface area contributed by atoms with E-state index in [1.807, 2.05) is 20.8 Å². The maximum absolute atomic E-state index is 9.74. The van der Waals surface area contributed by atoms with Crippen LogP contribution in [-0.4, -0.2) is 22.7 Å². The van der Waals surface area contributed by atoms with Crippen molar-refractivity contribution >= 4 is 28.1 Å². The zero-order chi connectivity index (χ0) is 10.8. The van der Waals surface area contributed by atoms with E-state index >= 15 is 0 Å². The van der Waals surface area contributed by atoms with Crippen LogP contribution in [0.25, 0.3) is 0 Å². The predicted octanol–water partition coefficient (Wildman–Crippen LogP) is 2.62. The quantitative estimate of drug-likeness (QED) is 0.845. The molecule has 80 valence electrons. The summed E-state index contributed by atoms with van der Waals surface area (Å²) in [5.74, 6) is 0. The van der Waals surface area contributed by atoms with Gasteiger partial charge in [-0.3, -0.25) is 0 Å². The summed E-state index contributed by atoms with van der Waals surface area (Å²) in [4.78, 5) is 4.03. The van der Waals surface area contributed by atoms with Gasteiger partial charge >= 0.3 is 0 Å². The van der Waals surface area contributed by atoms with Crippen LogP contribution in [0.1, 0.15) is 20.8 Å². The molecule has 0 amide bonds. The Morgan fingerprint density at radius 3 is 2.71 bits per heavy atom. The monoisotopic (exact) mass is 234 g/mol. The second-order valence-corrected chi connectivity index (χ2v) is 5.89. The fourth-order valence-electron chi connectivity index (χ4n) is 0.826. The first kappa shape index (κ1) is 11.8. The second-order valence-electron chi connectivity index (χ2n) is 4.23. The third-order valence-corrected chi connectivity index (χ3v) is 3.00. The number of rotatable bonds is 3. The highest BCUT2D eigenvalue weighted by Crippen LogP contribution is 2.24. The van der Waals surface area contributed by atoms with Gasteiger partial charge in [0.1, 0.15) is 4.34 Å². The Balaban J connectivity index is 2.41. The molecule has 3 nitrogen and oxygen atoms in total. The third kappa shape index (κ3) is 3.44. The first-order chi connectivity index (χ1) is 6.39. The Labute approximate surface area is 93.1 Å². The fourth-order valence-corrected chi connectivity index (χ4v) is 1.65. The van der Waals surface area contributed by atoms with E-state index in [0.717, 1.165) is 5.13 Å². The summed E-state index contributed by atoms with van der Waals surface area (Å²) in [7, 11) is 0. The lowest BCUT2D eigenvalue weighted by Crippen LogP contribution is -2.32. The summed E-state index contributed by atoms with van der Waals surface area (Å²) in [6.45, 7) is 6.48. The normalized spacial score (nSPS) is 14.1. The van der Waals surface area contributed by atoms with E-state index in [-0.39, 0.29) is 5.41 Å². The van der Waals surface area contributed by atoms with Crippen LogP contribution in [0.3, 0.4) is 0 Å². The van der Waals surface area contributed by atoms with Crippen LogP contribution in [0.2, 0.25) is 4.34 Å². The SMILES string of the molecule is CC(C)(C)C(O)CNc1ncc(Cl)s1. The Morgan fingerprint density at radius 1 is 1.64 bits per heavy atom. The molecule has 14 heavy (non-hydrogen) atoms. The van der Waals surface area contributed by atoms with Crippen LogP contribution in [0.15, 0.2) is 6.20 Å². The number of anilines is 1. The summed E-state index contributed by atoms with van der Waals surface area (Å²) in [5.41, 5.74) is -0.117. The van der Waals surface area contributed by atoms with Crippen molar-refractivity contribution in [3.63, 3.8) is 0 Å². The van der Waals surface area contributed by atoms with Gasteiger partial charge in [-0.05, 0) is 5.41 Å². The lowest BCUT2D eigenvalue weighted by atomic mass is 9.89. The van der Waals surface area contributed by atoms with Crippen LogP contribution < -0.4 is 5.32 Å². The lowest BCUT2D eigenvalue weighted by molar-refractivity contribution is 0.0746. The highest BCUT2D eigenvalue weighted by Gasteiger charge is 2.21. The van der Waals surface area contributed by atoms with E-state index in [9.17, 15) is 5.11 Å². The summed E-state index contributed by atoms with van der Waals surface area (Å²) in [5, 5.41) is 13.5. The van der Waals surface area contributed by atoms with E-state index in [1.54, 1.807) is 6.20 Å². The maximum atomic E-state index is 9.74. The van der Waals surface area contributed by atoms with Crippen molar-refractivity contribution in [1.82, 2.24) is 4.98 Å². The highest BCUT2D eigenvalue weighted by molar-refractivity contribution is 7.19. The topological polar surface area (TPSA) is 45.1 Å². The number of hydrogen-bond donors (Lipinski definition) is 2. The molecule has 5 heteroatoms. The molecule has 0 fully saturated rings. The molecule has 0 aliphatic carbocycles. The van der Waals surface area contributed by atoms with Crippen LogP contribution >= 0.6 is 22.9 Å². The molecule has 1 unspecified atom stereocenters. The molecule has 1 aromatic heterocycles. The van der Waals surface area contributed by atoms with Gasteiger partial charge in [0, 0.05) is 6.54 Å². The third-order valence-electron chi connectivity index (χ3n) is 1.92. The molecule has 1 rings (SSSR count). The number of nitrogens with one attached hydrogen (secondary N) is 1. The van der Waals surface area contributed by atoms with Gasteiger partial charge in [-0.2, -0.15) is 0 Å². The van der Waals surface area contributed by atoms with Gasteiger partial charge in [0.2, 0.25) is 0 Å². The summed E-state index contributed by atoms with van der Waals surface area (Å²) in [6, 6.07) is 0. The first-order valence-corrected chi connectivity index (χ1v) is 5.62. The van der Waals surface area contributed by atoms with Crippen molar-refractivity contribution in [2.45, 2.75) is 26.9 Å². The van der Waals surface area contributed by atoms with Gasteiger partial charge in [-0.15, -0.1) is 0 Å². The average molecular weight is 235 g/mol. The smallest absolute Gasteiger partial charge is 0.184 e. The van der Waals surface area contributed by atoms with E-state index < -0.39 is 6.10 Å². The van der Waals surface area contributed by atoms with Crippen LogP contribution in [0, 0.1) is 5.41 Å². The number of hydrogen-bond acceptors (Lipinski definition) is 4.